The molecule has 244 valence electrons. The number of rotatable bonds is 4. The van der Waals surface area contributed by atoms with E-state index >= 15 is 0 Å². The molecule has 2 aromatic heterocycles. The van der Waals surface area contributed by atoms with E-state index in [4.69, 9.17) is 14.4 Å². The number of nitrogens with one attached hydrogen (secondary N) is 1. The zero-order valence-electron chi connectivity index (χ0n) is 27.9. The van der Waals surface area contributed by atoms with Crippen LogP contribution in [0.2, 0.25) is 0 Å². The van der Waals surface area contributed by atoms with Crippen LogP contribution in [-0.2, 0) is 0 Å². The summed E-state index contributed by atoms with van der Waals surface area (Å²) < 4.78 is 9.34. The molecule has 0 amide bonds. The van der Waals surface area contributed by atoms with Gasteiger partial charge in [-0.25, -0.2) is 9.98 Å². The van der Waals surface area contributed by atoms with Crippen LogP contribution < -0.4 is 5.32 Å². The highest BCUT2D eigenvalue weighted by molar-refractivity contribution is 7.25. The first-order valence-electron chi connectivity index (χ1n) is 17.5. The monoisotopic (exact) mass is 683 g/mol. The number of fused-ring (bicyclic) bond motifs is 9. The molecule has 11 rings (SSSR count). The third-order valence-electron chi connectivity index (χ3n) is 10.3. The quantitative estimate of drug-likeness (QED) is 0.188. The number of para-hydroxylation sites is 1. The first-order chi connectivity index (χ1) is 25.8. The van der Waals surface area contributed by atoms with Crippen LogP contribution in [0.15, 0.2) is 178 Å². The van der Waals surface area contributed by atoms with Crippen molar-refractivity contribution in [3.8, 4) is 11.1 Å². The van der Waals surface area contributed by atoms with Gasteiger partial charge in [-0.05, 0) is 51.4 Å². The smallest absolute Gasteiger partial charge is 0.159 e. The molecule has 52 heavy (non-hydrogen) atoms. The molecule has 0 fully saturated rings. The Balaban J connectivity index is 1.09. The summed E-state index contributed by atoms with van der Waals surface area (Å²) >= 11 is 1.84. The summed E-state index contributed by atoms with van der Waals surface area (Å²) in [5, 5.41) is 13.2. The largest absolute Gasteiger partial charge is 0.455 e. The van der Waals surface area contributed by atoms with E-state index in [9.17, 15) is 0 Å². The summed E-state index contributed by atoms with van der Waals surface area (Å²) in [6, 6.07) is 57.8. The van der Waals surface area contributed by atoms with E-state index in [-0.39, 0.29) is 0 Å². The molecule has 1 aliphatic heterocycles. The minimum atomic E-state index is -0.406. The molecule has 1 N–H and O–H groups in total. The number of nitrogens with zero attached hydrogens (tertiary/aromatic N) is 2. The molecular weight excluding hydrogens is 655 g/mol. The average Bonchev–Trinajstić information content (AvgIpc) is 3.79. The number of amidine groups is 2. The Labute approximate surface area is 303 Å². The summed E-state index contributed by atoms with van der Waals surface area (Å²) in [4.78, 5) is 10.5. The number of thiophene rings is 1. The summed E-state index contributed by atoms with van der Waals surface area (Å²) in [5.41, 5.74) is 6.99. The first kappa shape index (κ1) is 29.2. The normalized spacial score (nSPS) is 14.7. The molecule has 5 heteroatoms. The van der Waals surface area contributed by atoms with Crippen LogP contribution in [0, 0.1) is 0 Å². The van der Waals surface area contributed by atoms with Crippen LogP contribution >= 0.6 is 11.3 Å². The molecule has 10 aromatic rings. The van der Waals surface area contributed by atoms with Gasteiger partial charge in [0.25, 0.3) is 0 Å². The fourth-order valence-corrected chi connectivity index (χ4v) is 9.08. The second-order valence-electron chi connectivity index (χ2n) is 13.3. The van der Waals surface area contributed by atoms with Crippen LogP contribution in [0.5, 0.6) is 0 Å². The maximum absolute atomic E-state index is 6.77. The lowest BCUT2D eigenvalue weighted by Gasteiger charge is -2.25. The van der Waals surface area contributed by atoms with Crippen LogP contribution in [0.4, 0.5) is 0 Å². The lowest BCUT2D eigenvalue weighted by molar-refractivity contribution is 0.663. The maximum Gasteiger partial charge on any atom is 0.159 e. The predicted molar refractivity (Wildman–Crippen MR) is 219 cm³/mol. The van der Waals surface area contributed by atoms with Gasteiger partial charge in [0.15, 0.2) is 5.84 Å². The lowest BCUT2D eigenvalue weighted by Crippen LogP contribution is -2.33. The van der Waals surface area contributed by atoms with Gasteiger partial charge in [0.1, 0.15) is 23.2 Å². The summed E-state index contributed by atoms with van der Waals surface area (Å²) in [6.07, 6.45) is -0.406. The molecule has 8 aromatic carbocycles. The molecule has 1 atom stereocenters. The molecule has 0 radical (unpaired) electrons. The van der Waals surface area contributed by atoms with Crippen molar-refractivity contribution in [1.29, 1.82) is 0 Å². The Morgan fingerprint density at radius 3 is 2.15 bits per heavy atom. The Hall–Kier alpha value is -6.56. The number of furan rings is 1. The number of hydrogen-bond donors (Lipinski definition) is 1. The van der Waals surface area contributed by atoms with Crippen LogP contribution in [0.25, 0.3) is 74.8 Å². The molecule has 1 aliphatic rings. The van der Waals surface area contributed by atoms with Crippen molar-refractivity contribution in [3.05, 3.63) is 180 Å². The fraction of sp³-hybridized carbons (Fsp3) is 0.0213. The van der Waals surface area contributed by atoms with Gasteiger partial charge in [0, 0.05) is 53.2 Å². The molecule has 0 bridgehead atoms. The molecule has 1 unspecified atom stereocenters. The van der Waals surface area contributed by atoms with E-state index in [0.29, 0.717) is 5.84 Å². The topological polar surface area (TPSA) is 49.9 Å². The summed E-state index contributed by atoms with van der Waals surface area (Å²) in [7, 11) is 0. The maximum atomic E-state index is 6.77. The van der Waals surface area contributed by atoms with Crippen molar-refractivity contribution in [2.24, 2.45) is 9.98 Å². The summed E-state index contributed by atoms with van der Waals surface area (Å²) in [6.45, 7) is 0. The van der Waals surface area contributed by atoms with E-state index in [1.807, 2.05) is 29.5 Å². The van der Waals surface area contributed by atoms with Crippen molar-refractivity contribution in [1.82, 2.24) is 5.32 Å². The summed E-state index contributed by atoms with van der Waals surface area (Å²) in [5.74, 6) is 1.49. The van der Waals surface area contributed by atoms with Gasteiger partial charge in [-0.2, -0.15) is 0 Å². The molecule has 0 saturated heterocycles. The van der Waals surface area contributed by atoms with Crippen LogP contribution in [-0.4, -0.2) is 11.7 Å². The molecule has 4 nitrogen and oxygen atoms in total. The Morgan fingerprint density at radius 1 is 0.519 bits per heavy atom. The van der Waals surface area contributed by atoms with Gasteiger partial charge in [-0.15, -0.1) is 11.3 Å². The lowest BCUT2D eigenvalue weighted by atomic mass is 9.95. The fourth-order valence-electron chi connectivity index (χ4n) is 7.94. The van der Waals surface area contributed by atoms with E-state index in [1.165, 1.54) is 36.3 Å². The number of benzene rings is 8. The Bertz CT molecular complexity index is 3120. The van der Waals surface area contributed by atoms with Crippen molar-refractivity contribution in [2.45, 2.75) is 6.17 Å². The minimum absolute atomic E-state index is 0.406. The van der Waals surface area contributed by atoms with Crippen LogP contribution in [0.3, 0.4) is 0 Å². The third kappa shape index (κ3) is 4.53. The zero-order valence-corrected chi connectivity index (χ0v) is 28.7. The van der Waals surface area contributed by atoms with E-state index < -0.39 is 6.17 Å². The highest BCUT2D eigenvalue weighted by atomic mass is 32.1. The number of hydrogen-bond acceptors (Lipinski definition) is 5. The highest BCUT2D eigenvalue weighted by Gasteiger charge is 2.26. The standard InChI is InChI=1S/C47H29N3OS/c1-2-12-28(13-3-1)45-48-46(50-47(49-45)39-26-29-14-4-5-15-31(29)33-16-6-7-17-34(33)39)38-21-11-22-40-43(38)37-20-10-19-32(44(37)51-40)30-24-25-36-35-18-8-9-23-41(35)52-42(36)27-30/h1-27,46H,(H,48,49,50). The van der Waals surface area contributed by atoms with Crippen molar-refractivity contribution < 1.29 is 4.42 Å². The van der Waals surface area contributed by atoms with Crippen molar-refractivity contribution in [3.63, 3.8) is 0 Å². The van der Waals surface area contributed by atoms with Crippen molar-refractivity contribution >= 4 is 86.7 Å². The van der Waals surface area contributed by atoms with E-state index in [0.717, 1.165) is 61.0 Å². The highest BCUT2D eigenvalue weighted by Crippen LogP contribution is 2.42. The minimum Gasteiger partial charge on any atom is -0.455 e. The molecule has 0 saturated carbocycles. The second-order valence-corrected chi connectivity index (χ2v) is 14.4. The SMILES string of the molecule is c1ccc(C2=NC(c3cccc4oc5c(-c6ccc7c(c6)sc6ccccc67)cccc5c34)NC(c3cc4ccccc4c4ccccc34)=N2)cc1. The second kappa shape index (κ2) is 11.5. The Kier molecular flexibility index (Phi) is 6.45. The van der Waals surface area contributed by atoms with Gasteiger partial charge in [0.2, 0.25) is 0 Å². The van der Waals surface area contributed by atoms with Gasteiger partial charge in [-0.3, -0.25) is 0 Å². The zero-order chi connectivity index (χ0) is 34.2. The molecule has 0 spiro atoms. The van der Waals surface area contributed by atoms with Gasteiger partial charge < -0.3 is 9.73 Å². The van der Waals surface area contributed by atoms with Gasteiger partial charge in [0.05, 0.1) is 0 Å². The first-order valence-corrected chi connectivity index (χ1v) is 18.3. The average molecular weight is 684 g/mol. The molecular formula is C47H29N3OS. The Morgan fingerprint density at radius 2 is 1.25 bits per heavy atom. The predicted octanol–water partition coefficient (Wildman–Crippen LogP) is 12.4. The van der Waals surface area contributed by atoms with Crippen molar-refractivity contribution in [2.75, 3.05) is 0 Å². The third-order valence-corrected chi connectivity index (χ3v) is 11.5. The van der Waals surface area contributed by atoms with Gasteiger partial charge >= 0.3 is 0 Å². The van der Waals surface area contributed by atoms with E-state index in [1.54, 1.807) is 0 Å². The molecule has 0 aliphatic carbocycles. The molecule has 3 heterocycles. The van der Waals surface area contributed by atoms with E-state index in [2.05, 4.69) is 151 Å². The van der Waals surface area contributed by atoms with Gasteiger partial charge in [-0.1, -0.05) is 140 Å². The number of aliphatic imine (C=N–C) groups is 2. The van der Waals surface area contributed by atoms with Crippen LogP contribution in [0.1, 0.15) is 22.9 Å².